The summed E-state index contributed by atoms with van der Waals surface area (Å²) in [7, 11) is 2.17. The molecule has 150 valence electrons. The summed E-state index contributed by atoms with van der Waals surface area (Å²) in [5.74, 6) is 0.178. The Bertz CT molecular complexity index is 649. The second-order valence-corrected chi connectivity index (χ2v) is 9.32. The third-order valence-corrected chi connectivity index (χ3v) is 6.89. The number of benzene rings is 1. The van der Waals surface area contributed by atoms with Gasteiger partial charge >= 0.3 is 0 Å². The van der Waals surface area contributed by atoms with E-state index >= 15 is 0 Å². The van der Waals surface area contributed by atoms with Crippen LogP contribution in [0.2, 0.25) is 0 Å². The van der Waals surface area contributed by atoms with Crippen LogP contribution in [0.4, 0.5) is 0 Å². The molecule has 3 rings (SSSR count). The molecule has 8 heteroatoms. The lowest BCUT2D eigenvalue weighted by atomic mass is 10.00. The predicted octanol–water partition coefficient (Wildman–Crippen LogP) is 2.03. The van der Waals surface area contributed by atoms with Crippen molar-refractivity contribution in [1.29, 1.82) is 0 Å². The predicted molar refractivity (Wildman–Crippen MR) is 114 cm³/mol. The van der Waals surface area contributed by atoms with Crippen molar-refractivity contribution >= 4 is 37.8 Å². The van der Waals surface area contributed by atoms with Gasteiger partial charge in [-0.3, -0.25) is 9.69 Å². The third kappa shape index (κ3) is 5.23. The van der Waals surface area contributed by atoms with Crippen molar-refractivity contribution in [2.24, 2.45) is 5.73 Å². The number of rotatable bonds is 4. The standard InChI is InChI=1S/C19H28Br2N4O2/c1-23-6-8-24(9-7-23)14-2-4-25(5-3-14)19(27)17(22)12-13-10-15(20)18(26)16(21)11-13/h10-11,14,17,26H,2-9,12,22H2,1H3/t17-/m1/s1. The molecule has 1 amide bonds. The molecule has 1 aromatic rings. The lowest BCUT2D eigenvalue weighted by molar-refractivity contribution is -0.134. The van der Waals surface area contributed by atoms with E-state index < -0.39 is 6.04 Å². The van der Waals surface area contributed by atoms with E-state index in [9.17, 15) is 9.90 Å². The van der Waals surface area contributed by atoms with Crippen LogP contribution < -0.4 is 5.73 Å². The number of nitrogens with zero attached hydrogens (tertiary/aromatic N) is 3. The Morgan fingerprint density at radius 3 is 2.26 bits per heavy atom. The highest BCUT2D eigenvalue weighted by molar-refractivity contribution is 9.11. The first-order valence-electron chi connectivity index (χ1n) is 9.49. The van der Waals surface area contributed by atoms with E-state index in [2.05, 4.69) is 48.7 Å². The summed E-state index contributed by atoms with van der Waals surface area (Å²) < 4.78 is 1.19. The van der Waals surface area contributed by atoms with Gasteiger partial charge in [-0.05, 0) is 75.9 Å². The van der Waals surface area contributed by atoms with Crippen molar-refractivity contribution in [2.75, 3.05) is 46.3 Å². The summed E-state index contributed by atoms with van der Waals surface area (Å²) >= 11 is 6.65. The molecule has 0 unspecified atom stereocenters. The zero-order valence-electron chi connectivity index (χ0n) is 15.7. The number of amides is 1. The van der Waals surface area contributed by atoms with E-state index in [1.165, 1.54) is 0 Å². The summed E-state index contributed by atoms with van der Waals surface area (Å²) in [6.45, 7) is 6.07. The first-order chi connectivity index (χ1) is 12.8. The second-order valence-electron chi connectivity index (χ2n) is 7.61. The van der Waals surface area contributed by atoms with Crippen molar-refractivity contribution in [2.45, 2.75) is 31.3 Å². The first kappa shape index (κ1) is 21.0. The fourth-order valence-electron chi connectivity index (χ4n) is 3.95. The molecular weight excluding hydrogens is 476 g/mol. The third-order valence-electron chi connectivity index (χ3n) is 5.68. The van der Waals surface area contributed by atoms with Crippen LogP contribution in [0.15, 0.2) is 21.1 Å². The van der Waals surface area contributed by atoms with Crippen LogP contribution in [0.1, 0.15) is 18.4 Å². The minimum atomic E-state index is -0.562. The molecule has 1 atom stereocenters. The first-order valence-corrected chi connectivity index (χ1v) is 11.1. The molecule has 27 heavy (non-hydrogen) atoms. The fraction of sp³-hybridized carbons (Fsp3) is 0.632. The Kier molecular flexibility index (Phi) is 7.19. The number of phenols is 1. The number of hydrogen-bond donors (Lipinski definition) is 2. The minimum absolute atomic E-state index is 0.0205. The average molecular weight is 504 g/mol. The summed E-state index contributed by atoms with van der Waals surface area (Å²) in [6.07, 6.45) is 2.51. The van der Waals surface area contributed by atoms with E-state index in [4.69, 9.17) is 5.73 Å². The van der Waals surface area contributed by atoms with Crippen LogP contribution in [0, 0.1) is 0 Å². The number of nitrogens with two attached hydrogens (primary N) is 1. The molecule has 2 heterocycles. The van der Waals surface area contributed by atoms with Crippen LogP contribution >= 0.6 is 31.9 Å². The lowest BCUT2D eigenvalue weighted by Gasteiger charge is -2.42. The molecule has 2 aliphatic heterocycles. The van der Waals surface area contributed by atoms with Crippen LogP contribution in [0.3, 0.4) is 0 Å². The molecule has 0 aromatic heterocycles. The zero-order chi connectivity index (χ0) is 19.6. The number of likely N-dealkylation sites (N-methyl/N-ethyl adjacent to an activating group) is 1. The van der Waals surface area contributed by atoms with Gasteiger partial charge in [0, 0.05) is 45.3 Å². The molecule has 0 bridgehead atoms. The highest BCUT2D eigenvalue weighted by Crippen LogP contribution is 2.33. The maximum Gasteiger partial charge on any atom is 0.239 e. The Morgan fingerprint density at radius 2 is 1.70 bits per heavy atom. The van der Waals surface area contributed by atoms with Crippen LogP contribution in [0.25, 0.3) is 0 Å². The van der Waals surface area contributed by atoms with E-state index in [0.717, 1.165) is 57.7 Å². The quantitative estimate of drug-likeness (QED) is 0.657. The van der Waals surface area contributed by atoms with Gasteiger partial charge in [-0.1, -0.05) is 0 Å². The van der Waals surface area contributed by atoms with E-state index in [-0.39, 0.29) is 11.7 Å². The van der Waals surface area contributed by atoms with Crippen LogP contribution in [0.5, 0.6) is 5.75 Å². The molecule has 0 radical (unpaired) electrons. The van der Waals surface area contributed by atoms with Gasteiger partial charge in [0.25, 0.3) is 0 Å². The summed E-state index contributed by atoms with van der Waals surface area (Å²) in [5.41, 5.74) is 7.13. The van der Waals surface area contributed by atoms with Gasteiger partial charge in [-0.2, -0.15) is 0 Å². The smallest absolute Gasteiger partial charge is 0.239 e. The van der Waals surface area contributed by atoms with Gasteiger partial charge in [0.05, 0.1) is 15.0 Å². The van der Waals surface area contributed by atoms with Crippen LogP contribution in [-0.4, -0.2) is 84.1 Å². The molecule has 0 saturated carbocycles. The van der Waals surface area contributed by atoms with Gasteiger partial charge in [-0.15, -0.1) is 0 Å². The van der Waals surface area contributed by atoms with Gasteiger partial charge in [0.2, 0.25) is 5.91 Å². The lowest BCUT2D eigenvalue weighted by Crippen LogP contribution is -2.54. The summed E-state index contributed by atoms with van der Waals surface area (Å²) in [4.78, 5) is 19.6. The molecule has 1 aromatic carbocycles. The number of piperidine rings is 1. The van der Waals surface area contributed by atoms with Gasteiger partial charge in [0.15, 0.2) is 0 Å². The van der Waals surface area contributed by atoms with Gasteiger partial charge < -0.3 is 20.6 Å². The largest absolute Gasteiger partial charge is 0.506 e. The van der Waals surface area contributed by atoms with Gasteiger partial charge in [-0.25, -0.2) is 0 Å². The minimum Gasteiger partial charge on any atom is -0.506 e. The van der Waals surface area contributed by atoms with E-state index in [1.807, 2.05) is 17.0 Å². The van der Waals surface area contributed by atoms with Gasteiger partial charge in [0.1, 0.15) is 5.75 Å². The zero-order valence-corrected chi connectivity index (χ0v) is 18.9. The maximum atomic E-state index is 12.8. The van der Waals surface area contributed by atoms with Crippen molar-refractivity contribution in [3.8, 4) is 5.75 Å². The number of halogens is 2. The number of hydrogen-bond acceptors (Lipinski definition) is 5. The number of carbonyl (C=O) groups excluding carboxylic acids is 1. The second kappa shape index (κ2) is 9.22. The van der Waals surface area contributed by atoms with E-state index in [0.29, 0.717) is 21.4 Å². The molecule has 0 spiro atoms. The number of aromatic hydroxyl groups is 1. The number of phenolic OH excluding ortho intramolecular Hbond substituents is 1. The normalized spacial score (nSPS) is 21.4. The average Bonchev–Trinajstić information content (AvgIpc) is 2.66. The van der Waals surface area contributed by atoms with Crippen LogP contribution in [-0.2, 0) is 11.2 Å². The summed E-state index contributed by atoms with van der Waals surface area (Å²) in [6, 6.07) is 3.65. The molecule has 6 nitrogen and oxygen atoms in total. The Balaban J connectivity index is 1.51. The summed E-state index contributed by atoms with van der Waals surface area (Å²) in [5, 5.41) is 9.82. The SMILES string of the molecule is CN1CCN(C2CCN(C(=O)[C@H](N)Cc3cc(Br)c(O)c(Br)c3)CC2)CC1. The maximum absolute atomic E-state index is 12.8. The number of likely N-dealkylation sites (tertiary alicyclic amines) is 1. The Labute approximate surface area is 177 Å². The molecule has 2 fully saturated rings. The highest BCUT2D eigenvalue weighted by Gasteiger charge is 2.30. The van der Waals surface area contributed by atoms with E-state index in [1.54, 1.807) is 0 Å². The molecule has 0 aliphatic carbocycles. The topological polar surface area (TPSA) is 73.0 Å². The van der Waals surface area contributed by atoms with Crippen molar-refractivity contribution in [1.82, 2.24) is 14.7 Å². The molecule has 2 saturated heterocycles. The Hall–Kier alpha value is -0.670. The Morgan fingerprint density at radius 1 is 1.15 bits per heavy atom. The number of carbonyl (C=O) groups is 1. The molecular formula is C19H28Br2N4O2. The number of piperazine rings is 1. The highest BCUT2D eigenvalue weighted by atomic mass is 79.9. The molecule has 3 N–H and O–H groups in total. The van der Waals surface area contributed by atoms with Crippen molar-refractivity contribution < 1.29 is 9.90 Å². The fourth-order valence-corrected chi connectivity index (χ4v) is 5.23. The van der Waals surface area contributed by atoms with Crippen molar-refractivity contribution in [3.05, 3.63) is 26.6 Å². The monoisotopic (exact) mass is 502 g/mol. The molecule has 2 aliphatic rings. The van der Waals surface area contributed by atoms with Crippen molar-refractivity contribution in [3.63, 3.8) is 0 Å².